The summed E-state index contributed by atoms with van der Waals surface area (Å²) in [6, 6.07) is 11.7. The van der Waals surface area contributed by atoms with E-state index in [9.17, 15) is 5.11 Å². The van der Waals surface area contributed by atoms with Crippen molar-refractivity contribution in [2.45, 2.75) is 63.8 Å². The highest BCUT2D eigenvalue weighted by atomic mass is 16.3. The second kappa shape index (κ2) is 7.38. The number of piperazine rings is 1. The van der Waals surface area contributed by atoms with Crippen molar-refractivity contribution in [1.29, 1.82) is 0 Å². The standard InChI is InChI=1S/C22H32N4O/c1-22(2,3)21-17(11-23-24-21)12-25-14-19-10-20(27)15-26(19)13-18(25)9-16-7-5-4-6-8-16/h4-8,11,18-20,27H,9-10,12-15H2,1-3H3,(H,23,24)/t18-,19-,20+/m0/s1. The predicted octanol–water partition coefficient (Wildman–Crippen LogP) is 2.57. The zero-order chi connectivity index (χ0) is 19.0. The number of aromatic nitrogens is 2. The second-order valence-electron chi connectivity index (χ2n) is 9.29. The zero-order valence-corrected chi connectivity index (χ0v) is 16.7. The number of nitrogens with one attached hydrogen (secondary N) is 1. The van der Waals surface area contributed by atoms with Crippen molar-refractivity contribution < 1.29 is 5.11 Å². The monoisotopic (exact) mass is 368 g/mol. The molecule has 4 rings (SSSR count). The van der Waals surface area contributed by atoms with Gasteiger partial charge < -0.3 is 5.11 Å². The van der Waals surface area contributed by atoms with Crippen LogP contribution in [-0.2, 0) is 18.4 Å². The number of nitrogens with zero attached hydrogens (tertiary/aromatic N) is 3. The third kappa shape index (κ3) is 4.10. The first-order chi connectivity index (χ1) is 12.9. The number of aliphatic hydroxyl groups is 1. The van der Waals surface area contributed by atoms with E-state index in [-0.39, 0.29) is 11.5 Å². The Morgan fingerprint density at radius 1 is 1.15 bits per heavy atom. The van der Waals surface area contributed by atoms with Gasteiger partial charge in [-0.15, -0.1) is 0 Å². The summed E-state index contributed by atoms with van der Waals surface area (Å²) < 4.78 is 0. The first-order valence-electron chi connectivity index (χ1n) is 10.1. The van der Waals surface area contributed by atoms with Crippen LogP contribution in [0.2, 0.25) is 0 Å². The molecule has 1 aromatic heterocycles. The molecule has 3 atom stereocenters. The van der Waals surface area contributed by atoms with Crippen molar-refractivity contribution in [3.8, 4) is 0 Å². The summed E-state index contributed by atoms with van der Waals surface area (Å²) in [5.41, 5.74) is 3.97. The van der Waals surface area contributed by atoms with Gasteiger partial charge in [-0.3, -0.25) is 14.9 Å². The first-order valence-corrected chi connectivity index (χ1v) is 10.1. The van der Waals surface area contributed by atoms with E-state index in [2.05, 4.69) is 71.1 Å². The highest BCUT2D eigenvalue weighted by Gasteiger charge is 2.40. The van der Waals surface area contributed by atoms with Crippen LogP contribution in [0.4, 0.5) is 0 Å². The van der Waals surface area contributed by atoms with Crippen LogP contribution >= 0.6 is 0 Å². The minimum Gasteiger partial charge on any atom is -0.392 e. The van der Waals surface area contributed by atoms with E-state index in [0.717, 1.165) is 39.0 Å². The molecule has 5 heteroatoms. The molecule has 2 fully saturated rings. The molecular weight excluding hydrogens is 336 g/mol. The van der Waals surface area contributed by atoms with E-state index in [1.54, 1.807) is 0 Å². The summed E-state index contributed by atoms with van der Waals surface area (Å²) in [4.78, 5) is 5.11. The Morgan fingerprint density at radius 3 is 2.67 bits per heavy atom. The first kappa shape index (κ1) is 18.7. The molecule has 2 N–H and O–H groups in total. The van der Waals surface area contributed by atoms with Crippen LogP contribution in [0.25, 0.3) is 0 Å². The highest BCUT2D eigenvalue weighted by molar-refractivity contribution is 5.24. The molecule has 3 heterocycles. The van der Waals surface area contributed by atoms with Gasteiger partial charge in [-0.05, 0) is 18.4 Å². The quantitative estimate of drug-likeness (QED) is 0.871. The van der Waals surface area contributed by atoms with Gasteiger partial charge in [0.1, 0.15) is 0 Å². The molecule has 0 bridgehead atoms. The molecule has 2 aromatic rings. The molecule has 0 spiro atoms. The van der Waals surface area contributed by atoms with Gasteiger partial charge in [0.25, 0.3) is 0 Å². The summed E-state index contributed by atoms with van der Waals surface area (Å²) in [7, 11) is 0. The van der Waals surface area contributed by atoms with Gasteiger partial charge in [-0.1, -0.05) is 51.1 Å². The molecule has 0 saturated carbocycles. The second-order valence-corrected chi connectivity index (χ2v) is 9.29. The largest absolute Gasteiger partial charge is 0.392 e. The normalized spacial score (nSPS) is 27.0. The fourth-order valence-corrected chi connectivity index (χ4v) is 4.75. The maximum absolute atomic E-state index is 10.2. The van der Waals surface area contributed by atoms with E-state index in [4.69, 9.17) is 0 Å². The van der Waals surface area contributed by atoms with Crippen molar-refractivity contribution in [3.05, 3.63) is 53.3 Å². The molecule has 1 aromatic carbocycles. The van der Waals surface area contributed by atoms with E-state index in [1.165, 1.54) is 16.8 Å². The van der Waals surface area contributed by atoms with Gasteiger partial charge in [0.2, 0.25) is 0 Å². The Bertz CT molecular complexity index is 751. The lowest BCUT2D eigenvalue weighted by Crippen LogP contribution is -2.56. The van der Waals surface area contributed by atoms with E-state index >= 15 is 0 Å². The fraction of sp³-hybridized carbons (Fsp3) is 0.591. The van der Waals surface area contributed by atoms with Gasteiger partial charge in [0, 0.05) is 54.9 Å². The zero-order valence-electron chi connectivity index (χ0n) is 16.7. The number of hydrogen-bond acceptors (Lipinski definition) is 4. The van der Waals surface area contributed by atoms with Gasteiger partial charge in [-0.2, -0.15) is 5.10 Å². The molecule has 2 aliphatic heterocycles. The van der Waals surface area contributed by atoms with Gasteiger partial charge in [-0.25, -0.2) is 0 Å². The van der Waals surface area contributed by atoms with Crippen LogP contribution in [0.3, 0.4) is 0 Å². The molecule has 0 aliphatic carbocycles. The summed E-state index contributed by atoms with van der Waals surface area (Å²) in [6.07, 6.45) is 3.76. The number of aromatic amines is 1. The minimum atomic E-state index is -0.175. The van der Waals surface area contributed by atoms with Crippen molar-refractivity contribution >= 4 is 0 Å². The molecule has 0 unspecified atom stereocenters. The summed E-state index contributed by atoms with van der Waals surface area (Å²) in [6.45, 7) is 10.5. The third-order valence-corrected chi connectivity index (χ3v) is 6.07. The molecule has 146 valence electrons. The molecule has 2 saturated heterocycles. The summed E-state index contributed by atoms with van der Waals surface area (Å²) >= 11 is 0. The lowest BCUT2D eigenvalue weighted by atomic mass is 9.89. The fourth-order valence-electron chi connectivity index (χ4n) is 4.75. The van der Waals surface area contributed by atoms with E-state index < -0.39 is 0 Å². The number of benzene rings is 1. The van der Waals surface area contributed by atoms with Crippen LogP contribution < -0.4 is 0 Å². The summed E-state index contributed by atoms with van der Waals surface area (Å²) in [5.74, 6) is 0. The van der Waals surface area contributed by atoms with Crippen LogP contribution in [0.1, 0.15) is 44.0 Å². The van der Waals surface area contributed by atoms with Crippen LogP contribution in [-0.4, -0.2) is 62.9 Å². The van der Waals surface area contributed by atoms with Crippen molar-refractivity contribution in [2.75, 3.05) is 19.6 Å². The average Bonchev–Trinajstić information content (AvgIpc) is 3.21. The Kier molecular flexibility index (Phi) is 5.10. The Labute approximate surface area is 162 Å². The van der Waals surface area contributed by atoms with Gasteiger partial charge >= 0.3 is 0 Å². The number of hydrogen-bond donors (Lipinski definition) is 2. The SMILES string of the molecule is CC(C)(C)c1[nH]ncc1CN1C[C@@H]2C[C@@H](O)CN2C[C@@H]1Cc1ccccc1. The molecule has 0 amide bonds. The van der Waals surface area contributed by atoms with E-state index in [0.29, 0.717) is 12.1 Å². The van der Waals surface area contributed by atoms with Crippen LogP contribution in [0.15, 0.2) is 36.5 Å². The maximum Gasteiger partial charge on any atom is 0.0682 e. The Morgan fingerprint density at radius 2 is 1.93 bits per heavy atom. The minimum absolute atomic E-state index is 0.0616. The molecular formula is C22H32N4O. The summed E-state index contributed by atoms with van der Waals surface area (Å²) in [5, 5.41) is 17.7. The van der Waals surface area contributed by atoms with Crippen LogP contribution in [0.5, 0.6) is 0 Å². The number of fused-ring (bicyclic) bond motifs is 1. The Hall–Kier alpha value is -1.69. The lowest BCUT2D eigenvalue weighted by molar-refractivity contribution is 0.0442. The van der Waals surface area contributed by atoms with Crippen LogP contribution in [0, 0.1) is 0 Å². The Balaban J connectivity index is 1.56. The third-order valence-electron chi connectivity index (χ3n) is 6.07. The van der Waals surface area contributed by atoms with E-state index in [1.807, 2.05) is 6.20 Å². The smallest absolute Gasteiger partial charge is 0.0682 e. The molecule has 27 heavy (non-hydrogen) atoms. The van der Waals surface area contributed by atoms with Gasteiger partial charge in [0.05, 0.1) is 12.3 Å². The molecule has 5 nitrogen and oxygen atoms in total. The van der Waals surface area contributed by atoms with Crippen molar-refractivity contribution in [2.24, 2.45) is 0 Å². The topological polar surface area (TPSA) is 55.4 Å². The lowest BCUT2D eigenvalue weighted by Gasteiger charge is -2.44. The van der Waals surface area contributed by atoms with Crippen molar-refractivity contribution in [1.82, 2.24) is 20.0 Å². The number of H-pyrrole nitrogens is 1. The number of rotatable bonds is 4. The van der Waals surface area contributed by atoms with Crippen molar-refractivity contribution in [3.63, 3.8) is 0 Å². The highest BCUT2D eigenvalue weighted by Crippen LogP contribution is 2.30. The average molecular weight is 369 g/mol. The molecule has 0 radical (unpaired) electrons. The van der Waals surface area contributed by atoms with Gasteiger partial charge in [0.15, 0.2) is 0 Å². The maximum atomic E-state index is 10.2. The predicted molar refractivity (Wildman–Crippen MR) is 108 cm³/mol. The number of aliphatic hydroxyl groups excluding tert-OH is 1. The molecule has 2 aliphatic rings.